The molecule has 0 fully saturated rings. The third-order valence-electron chi connectivity index (χ3n) is 5.25. The Morgan fingerprint density at radius 2 is 1.58 bits per heavy atom. The molecule has 0 aliphatic rings. The first-order chi connectivity index (χ1) is 15.2. The maximum absolute atomic E-state index is 12.3. The van der Waals surface area contributed by atoms with Gasteiger partial charge in [0.2, 0.25) is 5.91 Å². The van der Waals surface area contributed by atoms with E-state index in [2.05, 4.69) is 27.1 Å². The van der Waals surface area contributed by atoms with Crippen LogP contribution >= 0.6 is 0 Å². The fraction of sp³-hybridized carbons (Fsp3) is 0.0400. The number of carbonyl (C=O) groups is 1. The molecule has 0 spiro atoms. The Morgan fingerprint density at radius 3 is 2.32 bits per heavy atom. The number of carbonyl (C=O) groups excluding carboxylic acids is 1. The minimum absolute atomic E-state index is 0.402. The minimum atomic E-state index is -0.511. The first-order valence-corrected chi connectivity index (χ1v) is 9.91. The summed E-state index contributed by atoms with van der Waals surface area (Å²) in [6.07, 6.45) is 3.26. The molecule has 2 aromatic heterocycles. The van der Waals surface area contributed by atoms with Crippen molar-refractivity contribution in [1.82, 2.24) is 19.5 Å². The van der Waals surface area contributed by atoms with E-state index in [1.54, 1.807) is 12.4 Å². The van der Waals surface area contributed by atoms with Gasteiger partial charge in [0.15, 0.2) is 5.65 Å². The first-order valence-electron chi connectivity index (χ1n) is 9.91. The van der Waals surface area contributed by atoms with Gasteiger partial charge < -0.3 is 10.3 Å². The lowest BCUT2D eigenvalue weighted by molar-refractivity contribution is 0.100. The second-order valence-electron chi connectivity index (χ2n) is 7.21. The molecule has 2 N–H and O–H groups in total. The molecule has 0 atom stereocenters. The Hall–Kier alpha value is -4.32. The van der Waals surface area contributed by atoms with Gasteiger partial charge in [-0.25, -0.2) is 15.0 Å². The molecule has 0 unspecified atom stereocenters. The zero-order valence-electron chi connectivity index (χ0n) is 16.6. The molecule has 6 heteroatoms. The van der Waals surface area contributed by atoms with E-state index in [0.29, 0.717) is 34.5 Å². The minimum Gasteiger partial charge on any atom is -0.366 e. The van der Waals surface area contributed by atoms with E-state index in [1.807, 2.05) is 65.2 Å². The van der Waals surface area contributed by atoms with Crippen molar-refractivity contribution in [3.63, 3.8) is 0 Å². The molecule has 0 radical (unpaired) electrons. The molecule has 2 heterocycles. The van der Waals surface area contributed by atoms with Crippen molar-refractivity contribution in [2.75, 3.05) is 0 Å². The van der Waals surface area contributed by atoms with Crippen LogP contribution in [-0.2, 0) is 6.54 Å². The largest absolute Gasteiger partial charge is 0.366 e. The molecule has 0 saturated carbocycles. The van der Waals surface area contributed by atoms with E-state index in [0.717, 1.165) is 16.7 Å². The highest BCUT2D eigenvalue weighted by Crippen LogP contribution is 2.36. The van der Waals surface area contributed by atoms with Crippen LogP contribution in [0.2, 0.25) is 0 Å². The smallest absolute Gasteiger partial charge is 0.249 e. The number of primary amides is 1. The van der Waals surface area contributed by atoms with Crippen molar-refractivity contribution in [3.05, 3.63) is 103 Å². The van der Waals surface area contributed by atoms with E-state index in [4.69, 9.17) is 5.73 Å². The van der Waals surface area contributed by atoms with Crippen molar-refractivity contribution in [3.8, 4) is 22.4 Å². The lowest BCUT2D eigenvalue weighted by atomic mass is 9.92. The second kappa shape index (κ2) is 7.84. The van der Waals surface area contributed by atoms with Crippen molar-refractivity contribution in [2.45, 2.75) is 6.54 Å². The average molecular weight is 405 g/mol. The number of rotatable bonds is 5. The summed E-state index contributed by atoms with van der Waals surface area (Å²) in [6, 6.07) is 25.5. The van der Waals surface area contributed by atoms with Gasteiger partial charge in [0.1, 0.15) is 17.5 Å². The molecule has 31 heavy (non-hydrogen) atoms. The van der Waals surface area contributed by atoms with Crippen LogP contribution in [-0.4, -0.2) is 25.4 Å². The number of amides is 1. The zero-order chi connectivity index (χ0) is 21.2. The second-order valence-corrected chi connectivity index (χ2v) is 7.21. The number of nitrogens with two attached hydrogens (primary N) is 1. The van der Waals surface area contributed by atoms with E-state index in [9.17, 15) is 4.79 Å². The first kappa shape index (κ1) is 18.7. The van der Waals surface area contributed by atoms with Crippen molar-refractivity contribution >= 4 is 17.1 Å². The molecule has 5 aromatic rings. The van der Waals surface area contributed by atoms with E-state index in [-0.39, 0.29) is 0 Å². The van der Waals surface area contributed by atoms with E-state index in [1.165, 1.54) is 6.33 Å². The Balaban J connectivity index is 1.72. The van der Waals surface area contributed by atoms with Gasteiger partial charge in [-0.15, -0.1) is 0 Å². The standard InChI is InChI=1S/C25H19N5O/c26-24(31)20-13-7-12-19(18-10-5-2-6-11-18)21(20)22-23-25(28-15-27-22)30(16-29-23)14-17-8-3-1-4-9-17/h1-13,15-16H,14H2,(H2,26,31). The molecule has 0 aliphatic carbocycles. The molecule has 0 aliphatic heterocycles. The SMILES string of the molecule is NC(=O)c1cccc(-c2ccccc2)c1-c1ncnc2c1ncn2Cc1ccccc1. The summed E-state index contributed by atoms with van der Waals surface area (Å²) in [5.41, 5.74) is 11.7. The zero-order valence-corrected chi connectivity index (χ0v) is 16.6. The van der Waals surface area contributed by atoms with Gasteiger partial charge in [0.25, 0.3) is 0 Å². The molecular formula is C25H19N5O. The number of imidazole rings is 1. The summed E-state index contributed by atoms with van der Waals surface area (Å²) < 4.78 is 1.98. The Morgan fingerprint density at radius 1 is 0.839 bits per heavy atom. The van der Waals surface area contributed by atoms with Crippen LogP contribution in [0.3, 0.4) is 0 Å². The van der Waals surface area contributed by atoms with Gasteiger partial charge in [-0.1, -0.05) is 72.8 Å². The van der Waals surface area contributed by atoms with Crippen LogP contribution < -0.4 is 5.73 Å². The summed E-state index contributed by atoms with van der Waals surface area (Å²) in [4.78, 5) is 25.9. The monoisotopic (exact) mass is 405 g/mol. The molecule has 0 saturated heterocycles. The maximum Gasteiger partial charge on any atom is 0.249 e. The van der Waals surface area contributed by atoms with Crippen LogP contribution in [0.25, 0.3) is 33.5 Å². The molecular weight excluding hydrogens is 386 g/mol. The van der Waals surface area contributed by atoms with Crippen molar-refractivity contribution < 1.29 is 4.79 Å². The highest BCUT2D eigenvalue weighted by atomic mass is 16.1. The molecule has 0 bridgehead atoms. The van der Waals surface area contributed by atoms with Gasteiger partial charge in [0, 0.05) is 11.1 Å². The molecule has 5 rings (SSSR count). The highest BCUT2D eigenvalue weighted by molar-refractivity contribution is 6.06. The van der Waals surface area contributed by atoms with Crippen LogP contribution in [0, 0.1) is 0 Å². The predicted octanol–water partition coefficient (Wildman–Crippen LogP) is 4.31. The van der Waals surface area contributed by atoms with E-state index >= 15 is 0 Å². The van der Waals surface area contributed by atoms with Crippen LogP contribution in [0.5, 0.6) is 0 Å². The normalized spacial score (nSPS) is 11.0. The van der Waals surface area contributed by atoms with Gasteiger partial charge >= 0.3 is 0 Å². The average Bonchev–Trinajstić information content (AvgIpc) is 3.23. The van der Waals surface area contributed by atoms with Gasteiger partial charge in [-0.2, -0.15) is 0 Å². The summed E-state index contributed by atoms with van der Waals surface area (Å²) in [6.45, 7) is 0.636. The fourth-order valence-electron chi connectivity index (χ4n) is 3.83. The molecule has 6 nitrogen and oxygen atoms in total. The summed E-state index contributed by atoms with van der Waals surface area (Å²) in [5, 5.41) is 0. The molecule has 3 aromatic carbocycles. The summed E-state index contributed by atoms with van der Waals surface area (Å²) >= 11 is 0. The predicted molar refractivity (Wildman–Crippen MR) is 120 cm³/mol. The quantitative estimate of drug-likeness (QED) is 0.472. The Bertz CT molecular complexity index is 1380. The number of fused-ring (bicyclic) bond motifs is 1. The molecule has 1 amide bonds. The van der Waals surface area contributed by atoms with E-state index < -0.39 is 5.91 Å². The number of aromatic nitrogens is 4. The highest BCUT2D eigenvalue weighted by Gasteiger charge is 2.21. The van der Waals surface area contributed by atoms with Crippen molar-refractivity contribution in [1.29, 1.82) is 0 Å². The van der Waals surface area contributed by atoms with Gasteiger partial charge in [-0.05, 0) is 22.8 Å². The summed E-state index contributed by atoms with van der Waals surface area (Å²) in [5.74, 6) is -0.511. The van der Waals surface area contributed by atoms with Crippen molar-refractivity contribution in [2.24, 2.45) is 5.73 Å². The number of nitrogens with zero attached hydrogens (tertiary/aromatic N) is 4. The maximum atomic E-state index is 12.3. The lowest BCUT2D eigenvalue weighted by Crippen LogP contribution is -2.13. The van der Waals surface area contributed by atoms with Crippen LogP contribution in [0.4, 0.5) is 0 Å². The topological polar surface area (TPSA) is 86.7 Å². The summed E-state index contributed by atoms with van der Waals surface area (Å²) in [7, 11) is 0. The lowest BCUT2D eigenvalue weighted by Gasteiger charge is -2.13. The Labute approximate surface area is 179 Å². The van der Waals surface area contributed by atoms with Crippen LogP contribution in [0.1, 0.15) is 15.9 Å². The van der Waals surface area contributed by atoms with Crippen LogP contribution in [0.15, 0.2) is 91.5 Å². The number of hydrogen-bond donors (Lipinski definition) is 1. The van der Waals surface area contributed by atoms with Gasteiger partial charge in [0.05, 0.1) is 12.9 Å². The number of benzene rings is 3. The fourth-order valence-corrected chi connectivity index (χ4v) is 3.83. The third-order valence-corrected chi connectivity index (χ3v) is 5.25. The Kier molecular flexibility index (Phi) is 4.72. The van der Waals surface area contributed by atoms with Gasteiger partial charge in [-0.3, -0.25) is 4.79 Å². The molecule has 150 valence electrons. The number of hydrogen-bond acceptors (Lipinski definition) is 4. The third kappa shape index (κ3) is 3.44.